The number of hydrogen-bond donors (Lipinski definition) is 1. The molecule has 0 aromatic heterocycles. The minimum Gasteiger partial charge on any atom is -0.469 e. The Kier molecular flexibility index (Phi) is 4.35. The molecule has 0 radical (unpaired) electrons. The monoisotopic (exact) mass is 200 g/mol. The van der Waals surface area contributed by atoms with Gasteiger partial charge in [-0.1, -0.05) is 0 Å². The SMILES string of the molecule is COC(=O)C1CCN(C(C)CCN)C1. The molecule has 1 aliphatic heterocycles. The number of methoxy groups -OCH3 is 1. The van der Waals surface area contributed by atoms with Gasteiger partial charge in [-0.2, -0.15) is 0 Å². The molecule has 4 nitrogen and oxygen atoms in total. The Morgan fingerprint density at radius 1 is 1.71 bits per heavy atom. The van der Waals surface area contributed by atoms with Crippen LogP contribution in [0, 0.1) is 5.92 Å². The Morgan fingerprint density at radius 2 is 2.43 bits per heavy atom. The fourth-order valence-electron chi connectivity index (χ4n) is 1.97. The number of carbonyl (C=O) groups excluding carboxylic acids is 1. The summed E-state index contributed by atoms with van der Waals surface area (Å²) in [6, 6.07) is 0.481. The number of hydrogen-bond acceptors (Lipinski definition) is 4. The lowest BCUT2D eigenvalue weighted by atomic mass is 10.1. The maximum Gasteiger partial charge on any atom is 0.310 e. The van der Waals surface area contributed by atoms with Crippen molar-refractivity contribution < 1.29 is 9.53 Å². The molecule has 0 amide bonds. The zero-order valence-corrected chi connectivity index (χ0v) is 9.03. The van der Waals surface area contributed by atoms with Crippen LogP contribution >= 0.6 is 0 Å². The van der Waals surface area contributed by atoms with E-state index in [4.69, 9.17) is 10.5 Å². The summed E-state index contributed by atoms with van der Waals surface area (Å²) in [5, 5.41) is 0. The van der Waals surface area contributed by atoms with E-state index in [0.717, 1.165) is 25.9 Å². The van der Waals surface area contributed by atoms with Crippen LogP contribution in [-0.2, 0) is 9.53 Å². The first-order chi connectivity index (χ1) is 6.69. The highest BCUT2D eigenvalue weighted by molar-refractivity contribution is 5.72. The predicted molar refractivity (Wildman–Crippen MR) is 54.8 cm³/mol. The zero-order valence-electron chi connectivity index (χ0n) is 9.03. The molecule has 1 saturated heterocycles. The molecule has 1 aliphatic rings. The van der Waals surface area contributed by atoms with E-state index in [1.54, 1.807) is 0 Å². The normalized spacial score (nSPS) is 24.9. The van der Waals surface area contributed by atoms with Crippen molar-refractivity contribution in [3.05, 3.63) is 0 Å². The van der Waals surface area contributed by atoms with Crippen molar-refractivity contribution >= 4 is 5.97 Å². The Balaban J connectivity index is 2.36. The molecular formula is C10H20N2O2. The van der Waals surface area contributed by atoms with Crippen molar-refractivity contribution in [1.82, 2.24) is 4.90 Å². The second-order valence-electron chi connectivity index (χ2n) is 3.93. The number of nitrogens with zero attached hydrogens (tertiary/aromatic N) is 1. The van der Waals surface area contributed by atoms with Gasteiger partial charge in [-0.25, -0.2) is 0 Å². The summed E-state index contributed by atoms with van der Waals surface area (Å²) in [7, 11) is 1.45. The Labute approximate surface area is 85.4 Å². The Morgan fingerprint density at radius 3 is 3.00 bits per heavy atom. The molecule has 4 heteroatoms. The smallest absolute Gasteiger partial charge is 0.310 e. The van der Waals surface area contributed by atoms with E-state index >= 15 is 0 Å². The Hall–Kier alpha value is -0.610. The Bertz CT molecular complexity index is 197. The van der Waals surface area contributed by atoms with Crippen molar-refractivity contribution in [2.24, 2.45) is 11.7 Å². The molecular weight excluding hydrogens is 180 g/mol. The van der Waals surface area contributed by atoms with Gasteiger partial charge in [-0.3, -0.25) is 9.69 Å². The molecule has 1 rings (SSSR count). The van der Waals surface area contributed by atoms with Crippen LogP contribution in [0.25, 0.3) is 0 Å². The van der Waals surface area contributed by atoms with Crippen LogP contribution in [0.1, 0.15) is 19.8 Å². The molecule has 0 aliphatic carbocycles. The lowest BCUT2D eigenvalue weighted by molar-refractivity contribution is -0.145. The molecule has 1 heterocycles. The van der Waals surface area contributed by atoms with Gasteiger partial charge in [0, 0.05) is 12.6 Å². The van der Waals surface area contributed by atoms with Gasteiger partial charge in [0.15, 0.2) is 0 Å². The first-order valence-electron chi connectivity index (χ1n) is 5.21. The van der Waals surface area contributed by atoms with Gasteiger partial charge in [0.25, 0.3) is 0 Å². The third-order valence-electron chi connectivity index (χ3n) is 2.96. The summed E-state index contributed by atoms with van der Waals surface area (Å²) in [6.07, 6.45) is 1.91. The third-order valence-corrected chi connectivity index (χ3v) is 2.96. The topological polar surface area (TPSA) is 55.6 Å². The van der Waals surface area contributed by atoms with Crippen LogP contribution in [0.2, 0.25) is 0 Å². The lowest BCUT2D eigenvalue weighted by Crippen LogP contribution is -2.33. The van der Waals surface area contributed by atoms with E-state index in [-0.39, 0.29) is 11.9 Å². The van der Waals surface area contributed by atoms with Crippen LogP contribution in [0.4, 0.5) is 0 Å². The minimum absolute atomic E-state index is 0.0697. The number of nitrogens with two attached hydrogens (primary N) is 1. The fourth-order valence-corrected chi connectivity index (χ4v) is 1.97. The molecule has 0 bridgehead atoms. The minimum atomic E-state index is -0.0764. The highest BCUT2D eigenvalue weighted by Crippen LogP contribution is 2.20. The summed E-state index contributed by atoms with van der Waals surface area (Å²) >= 11 is 0. The van der Waals surface area contributed by atoms with Crippen molar-refractivity contribution in [3.8, 4) is 0 Å². The summed E-state index contributed by atoms with van der Waals surface area (Å²) in [4.78, 5) is 13.6. The molecule has 2 N–H and O–H groups in total. The van der Waals surface area contributed by atoms with Gasteiger partial charge in [0.1, 0.15) is 0 Å². The van der Waals surface area contributed by atoms with Gasteiger partial charge < -0.3 is 10.5 Å². The van der Waals surface area contributed by atoms with Gasteiger partial charge in [0.2, 0.25) is 0 Å². The number of rotatable bonds is 4. The molecule has 82 valence electrons. The van der Waals surface area contributed by atoms with Crippen molar-refractivity contribution in [2.45, 2.75) is 25.8 Å². The van der Waals surface area contributed by atoms with Crippen LogP contribution in [0.5, 0.6) is 0 Å². The van der Waals surface area contributed by atoms with E-state index in [1.807, 2.05) is 0 Å². The van der Waals surface area contributed by atoms with Crippen molar-refractivity contribution in [2.75, 3.05) is 26.7 Å². The maximum atomic E-state index is 11.3. The van der Waals surface area contributed by atoms with Crippen molar-refractivity contribution in [1.29, 1.82) is 0 Å². The number of ether oxygens (including phenoxy) is 1. The summed E-state index contributed by atoms with van der Waals surface area (Å²) in [5.41, 5.74) is 5.50. The standard InChI is InChI=1S/C10H20N2O2/c1-8(3-5-11)12-6-4-9(7-12)10(13)14-2/h8-9H,3-7,11H2,1-2H3. The molecule has 1 fully saturated rings. The zero-order chi connectivity index (χ0) is 10.6. The van der Waals surface area contributed by atoms with Gasteiger partial charge in [-0.15, -0.1) is 0 Å². The third kappa shape index (κ3) is 2.69. The fraction of sp³-hybridized carbons (Fsp3) is 0.900. The van der Waals surface area contributed by atoms with Crippen LogP contribution in [0.15, 0.2) is 0 Å². The van der Waals surface area contributed by atoms with E-state index in [1.165, 1.54) is 7.11 Å². The lowest BCUT2D eigenvalue weighted by Gasteiger charge is -2.23. The largest absolute Gasteiger partial charge is 0.469 e. The van der Waals surface area contributed by atoms with Crippen LogP contribution in [0.3, 0.4) is 0 Å². The summed E-state index contributed by atoms with van der Waals surface area (Å²) < 4.78 is 4.73. The van der Waals surface area contributed by atoms with Gasteiger partial charge in [-0.05, 0) is 32.9 Å². The number of carbonyl (C=O) groups is 1. The van der Waals surface area contributed by atoms with Gasteiger partial charge in [0.05, 0.1) is 13.0 Å². The van der Waals surface area contributed by atoms with Crippen molar-refractivity contribution in [3.63, 3.8) is 0 Å². The predicted octanol–water partition coefficient (Wildman–Crippen LogP) is 0.219. The molecule has 0 aromatic carbocycles. The molecule has 0 spiro atoms. The first kappa shape index (κ1) is 11.5. The number of esters is 1. The average molecular weight is 200 g/mol. The second-order valence-corrected chi connectivity index (χ2v) is 3.93. The average Bonchev–Trinajstić information content (AvgIpc) is 2.66. The number of likely N-dealkylation sites (tertiary alicyclic amines) is 1. The molecule has 0 aromatic rings. The van der Waals surface area contributed by atoms with E-state index in [9.17, 15) is 4.79 Å². The van der Waals surface area contributed by atoms with E-state index in [2.05, 4.69) is 11.8 Å². The van der Waals surface area contributed by atoms with E-state index in [0.29, 0.717) is 12.6 Å². The quantitative estimate of drug-likeness (QED) is 0.659. The molecule has 2 unspecified atom stereocenters. The highest BCUT2D eigenvalue weighted by atomic mass is 16.5. The molecule has 0 saturated carbocycles. The van der Waals surface area contributed by atoms with Gasteiger partial charge >= 0.3 is 5.97 Å². The van der Waals surface area contributed by atoms with Crippen LogP contribution in [-0.4, -0.2) is 43.7 Å². The highest BCUT2D eigenvalue weighted by Gasteiger charge is 2.30. The summed E-state index contributed by atoms with van der Waals surface area (Å²) in [5.74, 6) is -0.00678. The first-order valence-corrected chi connectivity index (χ1v) is 5.21. The molecule has 14 heavy (non-hydrogen) atoms. The van der Waals surface area contributed by atoms with E-state index < -0.39 is 0 Å². The maximum absolute atomic E-state index is 11.3. The van der Waals surface area contributed by atoms with Crippen LogP contribution < -0.4 is 5.73 Å². The molecule has 2 atom stereocenters. The second kappa shape index (κ2) is 5.32. The summed E-state index contributed by atoms with van der Waals surface area (Å²) in [6.45, 7) is 4.68.